The van der Waals surface area contributed by atoms with Crippen LogP contribution in [0.3, 0.4) is 0 Å². The molecule has 0 fully saturated rings. The molecule has 2 aromatic carbocycles. The molecule has 0 aliphatic rings. The number of aromatic hydroxyl groups is 2. The minimum Gasteiger partial charge on any atom is -0.508 e. The van der Waals surface area contributed by atoms with Crippen molar-refractivity contribution in [2.45, 2.75) is 162 Å². The first-order chi connectivity index (χ1) is 21.4. The second kappa shape index (κ2) is 22.7. The molecule has 45 heavy (non-hydrogen) atoms. The second-order valence-electron chi connectivity index (χ2n) is 14.6. The van der Waals surface area contributed by atoms with E-state index in [9.17, 15) is 9.90 Å². The molecule has 2 N–H and O–H groups in total. The van der Waals surface area contributed by atoms with E-state index in [0.29, 0.717) is 18.1 Å². The van der Waals surface area contributed by atoms with Crippen molar-refractivity contribution in [3.8, 4) is 11.5 Å². The fourth-order valence-electron chi connectivity index (χ4n) is 5.36. The SMILES string of the molecule is CCCCCCCCCCCCCCCCCCOC(=O)/C=C/c1cc(C(C)(C)C)c(O)c(C(C)(C)C)c1.Oc1ccccc1. The Balaban J connectivity index is 0.00000126. The van der Waals surface area contributed by atoms with Gasteiger partial charge in [-0.25, -0.2) is 4.79 Å². The van der Waals surface area contributed by atoms with Crippen LogP contribution in [0, 0.1) is 0 Å². The predicted molar refractivity (Wildman–Crippen MR) is 193 cm³/mol. The first-order valence-corrected chi connectivity index (χ1v) is 17.8. The number of hydrogen-bond acceptors (Lipinski definition) is 4. The highest BCUT2D eigenvalue weighted by Gasteiger charge is 2.26. The molecule has 0 saturated heterocycles. The Morgan fingerprint density at radius 1 is 0.644 bits per heavy atom. The fourth-order valence-corrected chi connectivity index (χ4v) is 5.36. The lowest BCUT2D eigenvalue weighted by molar-refractivity contribution is -0.137. The van der Waals surface area contributed by atoms with Crippen molar-refractivity contribution < 1.29 is 19.7 Å². The number of phenols is 2. The molecule has 2 rings (SSSR count). The molecule has 0 heterocycles. The van der Waals surface area contributed by atoms with E-state index in [1.54, 1.807) is 30.3 Å². The quantitative estimate of drug-likeness (QED) is 0.0929. The van der Waals surface area contributed by atoms with E-state index in [-0.39, 0.29) is 16.8 Å². The molecule has 4 nitrogen and oxygen atoms in total. The number of esters is 1. The minimum absolute atomic E-state index is 0.193. The smallest absolute Gasteiger partial charge is 0.330 e. The minimum atomic E-state index is -0.298. The zero-order chi connectivity index (χ0) is 33.6. The van der Waals surface area contributed by atoms with Gasteiger partial charge in [0.2, 0.25) is 0 Å². The molecular weight excluding hydrogens is 556 g/mol. The molecule has 0 atom stereocenters. The van der Waals surface area contributed by atoms with E-state index in [1.165, 1.54) is 96.0 Å². The first-order valence-electron chi connectivity index (χ1n) is 17.8. The summed E-state index contributed by atoms with van der Waals surface area (Å²) in [6, 6.07) is 12.7. The third-order valence-corrected chi connectivity index (χ3v) is 8.16. The van der Waals surface area contributed by atoms with Crippen molar-refractivity contribution in [1.29, 1.82) is 0 Å². The van der Waals surface area contributed by atoms with Crippen LogP contribution in [0.2, 0.25) is 0 Å². The van der Waals surface area contributed by atoms with Crippen LogP contribution in [-0.4, -0.2) is 22.8 Å². The number of hydrogen-bond donors (Lipinski definition) is 2. The van der Waals surface area contributed by atoms with Gasteiger partial charge < -0.3 is 14.9 Å². The average Bonchev–Trinajstić information content (AvgIpc) is 2.97. The highest BCUT2D eigenvalue weighted by molar-refractivity contribution is 5.87. The van der Waals surface area contributed by atoms with E-state index >= 15 is 0 Å². The van der Waals surface area contributed by atoms with Crippen LogP contribution in [0.5, 0.6) is 11.5 Å². The lowest BCUT2D eigenvalue weighted by atomic mass is 9.78. The summed E-state index contributed by atoms with van der Waals surface area (Å²) in [4.78, 5) is 12.2. The number of ether oxygens (including phenoxy) is 1. The standard InChI is InChI=1S/C35H60O3.C6H6O/c1-8-9-10-11-12-13-14-15-16-17-18-19-20-21-22-23-26-38-32(36)25-24-29-27-30(34(2,3)4)33(37)31(28-29)35(5,6)7;7-6-4-2-1-3-5-6/h24-25,27-28,37H,8-23,26H2,1-7H3;1-5,7H/b25-24+;. The zero-order valence-electron chi connectivity index (χ0n) is 29.9. The van der Waals surface area contributed by atoms with E-state index in [0.717, 1.165) is 29.5 Å². The van der Waals surface area contributed by atoms with E-state index in [1.807, 2.05) is 18.2 Å². The van der Waals surface area contributed by atoms with Crippen LogP contribution in [-0.2, 0) is 20.4 Å². The van der Waals surface area contributed by atoms with Gasteiger partial charge in [-0.05, 0) is 53.2 Å². The summed E-state index contributed by atoms with van der Waals surface area (Å²) in [5.74, 6) is 0.379. The first kappa shape index (κ1) is 40.3. The number of para-hydroxylation sites is 1. The summed E-state index contributed by atoms with van der Waals surface area (Å²) >= 11 is 0. The van der Waals surface area contributed by atoms with Crippen LogP contribution in [0.4, 0.5) is 0 Å². The summed E-state index contributed by atoms with van der Waals surface area (Å²) < 4.78 is 5.43. The highest BCUT2D eigenvalue weighted by atomic mass is 16.5. The Bertz CT molecular complexity index is 1040. The normalized spacial score (nSPS) is 11.8. The molecule has 0 aromatic heterocycles. The lowest BCUT2D eigenvalue weighted by Crippen LogP contribution is -2.17. The number of unbranched alkanes of at least 4 members (excludes halogenated alkanes) is 15. The van der Waals surface area contributed by atoms with Gasteiger partial charge in [0, 0.05) is 17.2 Å². The Labute approximate surface area is 276 Å². The second-order valence-corrected chi connectivity index (χ2v) is 14.6. The molecule has 0 amide bonds. The third kappa shape index (κ3) is 19.4. The number of carbonyl (C=O) groups excluding carboxylic acids is 1. The van der Waals surface area contributed by atoms with E-state index in [2.05, 4.69) is 48.5 Å². The number of carbonyl (C=O) groups is 1. The molecule has 0 saturated carbocycles. The molecule has 0 unspecified atom stereocenters. The van der Waals surface area contributed by atoms with Crippen LogP contribution in [0.15, 0.2) is 48.5 Å². The topological polar surface area (TPSA) is 66.8 Å². The Kier molecular flexibility index (Phi) is 20.3. The van der Waals surface area contributed by atoms with Gasteiger partial charge in [0.1, 0.15) is 11.5 Å². The van der Waals surface area contributed by atoms with Crippen LogP contribution >= 0.6 is 0 Å². The van der Waals surface area contributed by atoms with Crippen molar-refractivity contribution in [2.75, 3.05) is 6.61 Å². The molecule has 0 radical (unpaired) electrons. The Morgan fingerprint density at radius 3 is 1.40 bits per heavy atom. The van der Waals surface area contributed by atoms with Crippen molar-refractivity contribution in [3.05, 3.63) is 65.2 Å². The fraction of sp³-hybridized carbons (Fsp3) is 0.634. The molecule has 0 aliphatic carbocycles. The number of benzene rings is 2. The molecule has 4 heteroatoms. The Hall–Kier alpha value is -2.75. The van der Waals surface area contributed by atoms with Gasteiger partial charge in [-0.3, -0.25) is 0 Å². The lowest BCUT2D eigenvalue weighted by Gasteiger charge is -2.27. The Morgan fingerprint density at radius 2 is 1.04 bits per heavy atom. The maximum Gasteiger partial charge on any atom is 0.330 e. The molecule has 0 spiro atoms. The maximum atomic E-state index is 12.2. The monoisotopic (exact) mass is 622 g/mol. The van der Waals surface area contributed by atoms with Crippen molar-refractivity contribution in [1.82, 2.24) is 0 Å². The molecule has 254 valence electrons. The largest absolute Gasteiger partial charge is 0.508 e. The molecule has 0 aliphatic heterocycles. The zero-order valence-corrected chi connectivity index (χ0v) is 29.9. The predicted octanol–water partition coefficient (Wildman–Crippen LogP) is 12.2. The van der Waals surface area contributed by atoms with Gasteiger partial charge in [-0.1, -0.05) is 163 Å². The van der Waals surface area contributed by atoms with Crippen LogP contribution in [0.25, 0.3) is 6.08 Å². The number of phenolic OH excluding ortho intramolecular Hbond substituents is 2. The summed E-state index contributed by atoms with van der Waals surface area (Å²) in [7, 11) is 0. The van der Waals surface area contributed by atoms with Gasteiger partial charge >= 0.3 is 5.97 Å². The van der Waals surface area contributed by atoms with Gasteiger partial charge in [-0.2, -0.15) is 0 Å². The van der Waals surface area contributed by atoms with Crippen LogP contribution in [0.1, 0.15) is 168 Å². The summed E-state index contributed by atoms with van der Waals surface area (Å²) in [5, 5.41) is 19.5. The molecule has 0 bridgehead atoms. The maximum absolute atomic E-state index is 12.2. The summed E-state index contributed by atoms with van der Waals surface area (Å²) in [6.07, 6.45) is 24.7. The van der Waals surface area contributed by atoms with Crippen molar-refractivity contribution in [3.63, 3.8) is 0 Å². The van der Waals surface area contributed by atoms with Crippen LogP contribution < -0.4 is 0 Å². The highest BCUT2D eigenvalue weighted by Crippen LogP contribution is 2.40. The van der Waals surface area contributed by atoms with E-state index in [4.69, 9.17) is 9.84 Å². The summed E-state index contributed by atoms with van der Waals surface area (Å²) in [6.45, 7) is 15.3. The average molecular weight is 623 g/mol. The van der Waals surface area contributed by atoms with Crippen molar-refractivity contribution >= 4 is 12.0 Å². The number of rotatable bonds is 19. The van der Waals surface area contributed by atoms with Gasteiger partial charge in [0.05, 0.1) is 6.61 Å². The van der Waals surface area contributed by atoms with E-state index < -0.39 is 0 Å². The summed E-state index contributed by atoms with van der Waals surface area (Å²) in [5.41, 5.74) is 2.32. The van der Waals surface area contributed by atoms with Gasteiger partial charge in [-0.15, -0.1) is 0 Å². The van der Waals surface area contributed by atoms with Gasteiger partial charge in [0.25, 0.3) is 0 Å². The van der Waals surface area contributed by atoms with Crippen molar-refractivity contribution in [2.24, 2.45) is 0 Å². The van der Waals surface area contributed by atoms with Gasteiger partial charge in [0.15, 0.2) is 0 Å². The third-order valence-electron chi connectivity index (χ3n) is 8.16. The molecular formula is C41H66O4. The molecule has 2 aromatic rings.